The van der Waals surface area contributed by atoms with Gasteiger partial charge in [0.25, 0.3) is 0 Å². The van der Waals surface area contributed by atoms with Gasteiger partial charge < -0.3 is 14.7 Å². The second-order valence-electron chi connectivity index (χ2n) is 8.18. The van der Waals surface area contributed by atoms with Crippen LogP contribution in [0.3, 0.4) is 0 Å². The lowest BCUT2D eigenvalue weighted by Crippen LogP contribution is -2.68. The van der Waals surface area contributed by atoms with Crippen LogP contribution < -0.4 is 23.5 Å². The highest BCUT2D eigenvalue weighted by atomic mass is 35.7. The number of ether oxygens (including phenoxy) is 1. The Bertz CT molecular complexity index is 1080. The van der Waals surface area contributed by atoms with Crippen molar-refractivity contribution in [2.24, 2.45) is 0 Å². The van der Waals surface area contributed by atoms with Gasteiger partial charge in [-0.3, -0.25) is 4.79 Å². The molecule has 1 aromatic carbocycles. The summed E-state index contributed by atoms with van der Waals surface area (Å²) >= 11 is 0. The maximum atomic E-state index is 10.9. The lowest BCUT2D eigenvalue weighted by molar-refractivity contribution is -2.00. The van der Waals surface area contributed by atoms with Crippen LogP contribution in [-0.4, -0.2) is 49.6 Å². The molecule has 35 heavy (non-hydrogen) atoms. The van der Waals surface area contributed by atoms with Gasteiger partial charge in [-0.15, -0.1) is 10.2 Å². The van der Waals surface area contributed by atoms with E-state index in [1.165, 1.54) is 0 Å². The summed E-state index contributed by atoms with van der Waals surface area (Å²) in [6.07, 6.45) is 13.5. The zero-order valence-electron chi connectivity index (χ0n) is 20.1. The van der Waals surface area contributed by atoms with E-state index in [0.717, 1.165) is 39.6 Å². The summed E-state index contributed by atoms with van der Waals surface area (Å²) in [6.45, 7) is 0. The molecule has 1 N–H and O–H groups in total. The summed E-state index contributed by atoms with van der Waals surface area (Å²) < 4.78 is 42.2. The molecule has 10 heteroatoms. The van der Waals surface area contributed by atoms with Crippen molar-refractivity contribution in [3.8, 4) is 0 Å². The topological polar surface area (TPSA) is 145 Å². The molecule has 1 aliphatic heterocycles. The van der Waals surface area contributed by atoms with E-state index in [2.05, 4.69) is 52.0 Å². The van der Waals surface area contributed by atoms with Crippen molar-refractivity contribution < 1.29 is 48.1 Å². The summed E-state index contributed by atoms with van der Waals surface area (Å²) in [6, 6.07) is 8.39. The van der Waals surface area contributed by atoms with Crippen LogP contribution >= 0.6 is 0 Å². The molecule has 0 amide bonds. The largest absolute Gasteiger partial charge is 0.481 e. The number of hydrogen-bond acceptors (Lipinski definition) is 7. The summed E-state index contributed by atoms with van der Waals surface area (Å²) in [7, 11) is 3.12. The molecule has 2 aliphatic rings. The van der Waals surface area contributed by atoms with Crippen molar-refractivity contribution in [3.63, 3.8) is 0 Å². The number of hydrogen-bond donors (Lipinski definition) is 1. The Morgan fingerprint density at radius 2 is 1.57 bits per heavy atom. The monoisotopic (exact) mass is 504 g/mol. The minimum absolute atomic E-state index is 0.129. The summed E-state index contributed by atoms with van der Waals surface area (Å²) in [4.78, 5) is 13.0. The first kappa shape index (κ1) is 28.0. The highest BCUT2D eigenvalue weighted by Gasteiger charge is 2.17. The Morgan fingerprint density at radius 1 is 1.00 bits per heavy atom. The Hall–Kier alpha value is -3.21. The second-order valence-corrected chi connectivity index (χ2v) is 8.94. The SMILES string of the molecule is CN(C)c1ccc(C2=CC(=C3C=CC(=[N+](C)C)C=C3)OC(CCCC(=O)O)=C2)cc1.[O-][Cl+3]([O-])([O-])[O-]. The van der Waals surface area contributed by atoms with E-state index in [1.54, 1.807) is 0 Å². The molecule has 0 aromatic heterocycles. The zero-order valence-corrected chi connectivity index (χ0v) is 20.8. The summed E-state index contributed by atoms with van der Waals surface area (Å²) in [5, 5.41) is 8.96. The Kier molecular flexibility index (Phi) is 10.00. The number of carboxylic acids is 1. The molecule has 9 nitrogen and oxygen atoms in total. The predicted molar refractivity (Wildman–Crippen MR) is 122 cm³/mol. The number of benzene rings is 1. The van der Waals surface area contributed by atoms with Gasteiger partial charge in [-0.05, 0) is 54.0 Å². The number of carboxylic acid groups (broad SMARTS) is 1. The van der Waals surface area contributed by atoms with Gasteiger partial charge in [0, 0.05) is 50.3 Å². The van der Waals surface area contributed by atoms with Crippen molar-refractivity contribution in [1.82, 2.24) is 0 Å². The number of rotatable bonds is 6. The van der Waals surface area contributed by atoms with Crippen LogP contribution in [-0.2, 0) is 9.53 Å². The maximum Gasteiger partial charge on any atom is 0.303 e. The van der Waals surface area contributed by atoms with Gasteiger partial charge in [0.1, 0.15) is 25.6 Å². The quantitative estimate of drug-likeness (QED) is 0.517. The average Bonchev–Trinajstić information content (AvgIpc) is 2.77. The Balaban J connectivity index is 0.000000784. The normalized spacial score (nSPS) is 15.0. The van der Waals surface area contributed by atoms with Crippen LogP contribution in [0.15, 0.2) is 77.8 Å². The Morgan fingerprint density at radius 3 is 2.06 bits per heavy atom. The van der Waals surface area contributed by atoms with Crippen molar-refractivity contribution in [2.75, 3.05) is 33.1 Å². The van der Waals surface area contributed by atoms with Crippen LogP contribution in [0.2, 0.25) is 0 Å². The molecule has 188 valence electrons. The lowest BCUT2D eigenvalue weighted by Gasteiger charge is -2.20. The fourth-order valence-electron chi connectivity index (χ4n) is 3.28. The van der Waals surface area contributed by atoms with Gasteiger partial charge in [0.05, 0.1) is 0 Å². The lowest BCUT2D eigenvalue weighted by atomic mass is 9.98. The summed E-state index contributed by atoms with van der Waals surface area (Å²) in [5.41, 5.74) is 5.41. The molecular formula is C25H29ClN2O7. The first-order valence-electron chi connectivity index (χ1n) is 10.7. The minimum atomic E-state index is -4.94. The third-order valence-corrected chi connectivity index (χ3v) is 5.04. The van der Waals surface area contributed by atoms with Crippen LogP contribution in [0.4, 0.5) is 5.69 Å². The highest BCUT2D eigenvalue weighted by molar-refractivity contribution is 6.02. The zero-order chi connectivity index (χ0) is 26.2. The Labute approximate surface area is 206 Å². The third kappa shape index (κ3) is 9.89. The third-order valence-electron chi connectivity index (χ3n) is 5.04. The van der Waals surface area contributed by atoms with Crippen molar-refractivity contribution in [2.45, 2.75) is 19.3 Å². The molecular weight excluding hydrogens is 476 g/mol. The molecule has 0 atom stereocenters. The van der Waals surface area contributed by atoms with E-state index < -0.39 is 16.2 Å². The van der Waals surface area contributed by atoms with Crippen molar-refractivity contribution in [1.29, 1.82) is 0 Å². The van der Waals surface area contributed by atoms with Crippen molar-refractivity contribution >= 4 is 22.9 Å². The van der Waals surface area contributed by atoms with Crippen LogP contribution in [0.1, 0.15) is 24.8 Å². The van der Waals surface area contributed by atoms with Gasteiger partial charge >= 0.3 is 5.97 Å². The van der Waals surface area contributed by atoms with Gasteiger partial charge in [-0.25, -0.2) is 23.2 Å². The fraction of sp³-hybridized carbons (Fsp3) is 0.280. The molecule has 3 rings (SSSR count). The molecule has 0 bridgehead atoms. The number of aliphatic carboxylic acids is 1. The van der Waals surface area contributed by atoms with Crippen LogP contribution in [0, 0.1) is 10.2 Å². The average molecular weight is 505 g/mol. The molecule has 1 aromatic rings. The first-order chi connectivity index (χ1) is 16.3. The van der Waals surface area contributed by atoms with E-state index >= 15 is 0 Å². The second kappa shape index (κ2) is 12.5. The summed E-state index contributed by atoms with van der Waals surface area (Å²) in [5.74, 6) is 0.780. The number of carbonyl (C=O) groups is 1. The van der Waals surface area contributed by atoms with Gasteiger partial charge in [0.15, 0.2) is 5.71 Å². The smallest absolute Gasteiger partial charge is 0.303 e. The predicted octanol–water partition coefficient (Wildman–Crippen LogP) is -0.358. The molecule has 0 unspecified atom stereocenters. The standard InChI is InChI=1S/C25H28N2O3.ClHO4/c1-26(2)21-12-8-18(9-13-21)20-16-23(6-5-7-25(28)29)30-24(17-20)19-10-14-22(15-11-19)27(3)4;2-1(3,4)5/h8-17H,5-7H2,1-4H3;(H,2,3,4,5). The minimum Gasteiger partial charge on any atom is -0.481 e. The van der Waals surface area contributed by atoms with Gasteiger partial charge in [-0.2, -0.15) is 0 Å². The molecule has 0 radical (unpaired) electrons. The molecule has 1 aliphatic carbocycles. The molecule has 0 spiro atoms. The number of anilines is 1. The number of allylic oxidation sites excluding steroid dienone is 9. The van der Waals surface area contributed by atoms with E-state index in [1.807, 2.05) is 46.4 Å². The van der Waals surface area contributed by atoms with E-state index in [-0.39, 0.29) is 6.42 Å². The number of nitrogens with zero attached hydrogens (tertiary/aromatic N) is 2. The van der Waals surface area contributed by atoms with Crippen molar-refractivity contribution in [3.05, 3.63) is 83.4 Å². The van der Waals surface area contributed by atoms with Gasteiger partial charge in [0.2, 0.25) is 0 Å². The molecule has 0 saturated carbocycles. The molecule has 0 fully saturated rings. The van der Waals surface area contributed by atoms with Crippen LogP contribution in [0.25, 0.3) is 5.57 Å². The highest BCUT2D eigenvalue weighted by Crippen LogP contribution is 2.32. The van der Waals surface area contributed by atoms with E-state index in [9.17, 15) is 4.79 Å². The fourth-order valence-corrected chi connectivity index (χ4v) is 3.28. The molecule has 1 heterocycles. The molecule has 0 saturated heterocycles. The van der Waals surface area contributed by atoms with E-state index in [0.29, 0.717) is 12.8 Å². The van der Waals surface area contributed by atoms with Crippen LogP contribution in [0.5, 0.6) is 0 Å². The first-order valence-corrected chi connectivity index (χ1v) is 11.9. The van der Waals surface area contributed by atoms with E-state index in [4.69, 9.17) is 28.5 Å². The van der Waals surface area contributed by atoms with Gasteiger partial charge in [-0.1, -0.05) is 12.1 Å². The maximum absolute atomic E-state index is 10.9. The number of halogens is 1.